The second kappa shape index (κ2) is 9.32. The number of benzene rings is 2. The standard InChI is InChI=1S/C23H23ClN4O3/c24-17-6-8-19(9-7-17)28-22(30)20(21(29)26-23(28)31)14-25-18-10-12-27(13-11-18)15-16-4-2-1-3-5-16/h1-9,14,18,30H,10-13,15H2,(H,26,29,31). The van der Waals surface area contributed by atoms with Crippen molar-refractivity contribution in [1.29, 1.82) is 0 Å². The number of H-pyrrole nitrogens is 1. The van der Waals surface area contributed by atoms with Crippen molar-refractivity contribution < 1.29 is 5.11 Å². The first-order valence-corrected chi connectivity index (χ1v) is 10.5. The molecular weight excluding hydrogens is 416 g/mol. The van der Waals surface area contributed by atoms with Crippen LogP contribution in [0.15, 0.2) is 69.2 Å². The molecule has 2 aromatic carbocycles. The number of nitrogens with zero attached hydrogens (tertiary/aromatic N) is 3. The molecule has 1 aromatic heterocycles. The Morgan fingerprint density at radius 2 is 1.74 bits per heavy atom. The number of nitrogens with one attached hydrogen (secondary N) is 1. The summed E-state index contributed by atoms with van der Waals surface area (Å²) >= 11 is 5.89. The van der Waals surface area contributed by atoms with E-state index in [4.69, 9.17) is 11.6 Å². The molecule has 4 rings (SSSR count). The van der Waals surface area contributed by atoms with Crippen LogP contribution >= 0.6 is 11.6 Å². The molecular formula is C23H23ClN4O3. The van der Waals surface area contributed by atoms with Crippen molar-refractivity contribution in [3.05, 3.63) is 91.6 Å². The number of aliphatic imine (C=N–C) groups is 1. The van der Waals surface area contributed by atoms with Crippen molar-refractivity contribution in [2.75, 3.05) is 13.1 Å². The Balaban J connectivity index is 1.48. The highest BCUT2D eigenvalue weighted by molar-refractivity contribution is 6.30. The summed E-state index contributed by atoms with van der Waals surface area (Å²) in [6, 6.07) is 16.8. The predicted octanol–water partition coefficient (Wildman–Crippen LogP) is 2.97. The molecule has 0 unspecified atom stereocenters. The highest BCUT2D eigenvalue weighted by Crippen LogP contribution is 2.19. The molecule has 1 fully saturated rings. The minimum Gasteiger partial charge on any atom is -0.493 e. The molecule has 1 aliphatic rings. The van der Waals surface area contributed by atoms with E-state index in [-0.39, 0.29) is 11.6 Å². The van der Waals surface area contributed by atoms with Crippen molar-refractivity contribution in [1.82, 2.24) is 14.5 Å². The van der Waals surface area contributed by atoms with Gasteiger partial charge in [-0.25, -0.2) is 9.36 Å². The van der Waals surface area contributed by atoms with Crippen LogP contribution in [0.5, 0.6) is 5.88 Å². The quantitative estimate of drug-likeness (QED) is 0.599. The maximum absolute atomic E-state index is 12.3. The molecule has 0 spiro atoms. The van der Waals surface area contributed by atoms with Gasteiger partial charge < -0.3 is 5.11 Å². The molecule has 7 nitrogen and oxygen atoms in total. The number of hydrogen-bond donors (Lipinski definition) is 2. The van der Waals surface area contributed by atoms with Crippen LogP contribution < -0.4 is 11.2 Å². The average molecular weight is 439 g/mol. The highest BCUT2D eigenvalue weighted by Gasteiger charge is 2.19. The number of aromatic hydroxyl groups is 1. The smallest absolute Gasteiger partial charge is 0.335 e. The van der Waals surface area contributed by atoms with Crippen LogP contribution in [0.1, 0.15) is 24.0 Å². The Morgan fingerprint density at radius 3 is 2.42 bits per heavy atom. The third-order valence-corrected chi connectivity index (χ3v) is 5.68. The van der Waals surface area contributed by atoms with E-state index in [0.717, 1.165) is 37.0 Å². The summed E-state index contributed by atoms with van der Waals surface area (Å²) in [5.41, 5.74) is 0.243. The molecule has 1 aliphatic heterocycles. The zero-order chi connectivity index (χ0) is 21.8. The summed E-state index contributed by atoms with van der Waals surface area (Å²) in [6.07, 6.45) is 3.09. The number of aromatic amines is 1. The first kappa shape index (κ1) is 21.1. The second-order valence-corrected chi connectivity index (χ2v) is 8.02. The third-order valence-electron chi connectivity index (χ3n) is 5.43. The molecule has 3 aromatic rings. The molecule has 1 saturated heterocycles. The number of aromatic nitrogens is 2. The Bertz CT molecular complexity index is 1180. The van der Waals surface area contributed by atoms with Crippen LogP contribution in [0.2, 0.25) is 5.02 Å². The molecule has 0 bridgehead atoms. The van der Waals surface area contributed by atoms with Gasteiger partial charge in [-0.05, 0) is 42.7 Å². The van der Waals surface area contributed by atoms with Gasteiger partial charge in [0.2, 0.25) is 5.88 Å². The lowest BCUT2D eigenvalue weighted by Crippen LogP contribution is -2.35. The van der Waals surface area contributed by atoms with Crippen molar-refractivity contribution in [2.24, 2.45) is 4.99 Å². The highest BCUT2D eigenvalue weighted by atomic mass is 35.5. The monoisotopic (exact) mass is 438 g/mol. The number of piperidine rings is 1. The van der Waals surface area contributed by atoms with Gasteiger partial charge >= 0.3 is 5.69 Å². The van der Waals surface area contributed by atoms with Gasteiger partial charge in [0.05, 0.1) is 11.7 Å². The normalized spacial score (nSPS) is 15.5. The minimum atomic E-state index is -0.726. The van der Waals surface area contributed by atoms with Gasteiger partial charge in [-0.2, -0.15) is 0 Å². The van der Waals surface area contributed by atoms with Crippen LogP contribution in [0.4, 0.5) is 0 Å². The molecule has 31 heavy (non-hydrogen) atoms. The topological polar surface area (TPSA) is 90.7 Å². The van der Waals surface area contributed by atoms with E-state index in [2.05, 4.69) is 27.0 Å². The summed E-state index contributed by atoms with van der Waals surface area (Å²) in [6.45, 7) is 2.72. The summed E-state index contributed by atoms with van der Waals surface area (Å²) in [7, 11) is 0. The molecule has 0 amide bonds. The Kier molecular flexibility index (Phi) is 6.34. The number of likely N-dealkylation sites (tertiary alicyclic amines) is 1. The van der Waals surface area contributed by atoms with E-state index in [1.807, 2.05) is 18.2 Å². The number of rotatable bonds is 5. The van der Waals surface area contributed by atoms with Gasteiger partial charge in [-0.15, -0.1) is 0 Å². The summed E-state index contributed by atoms with van der Waals surface area (Å²) in [5.74, 6) is -0.443. The molecule has 2 N–H and O–H groups in total. The first-order chi connectivity index (χ1) is 15.0. The van der Waals surface area contributed by atoms with E-state index in [0.29, 0.717) is 10.7 Å². The zero-order valence-electron chi connectivity index (χ0n) is 16.9. The molecule has 0 radical (unpaired) electrons. The zero-order valence-corrected chi connectivity index (χ0v) is 17.6. The number of hydrogen-bond acceptors (Lipinski definition) is 5. The lowest BCUT2D eigenvalue weighted by Gasteiger charge is -2.30. The van der Waals surface area contributed by atoms with Crippen LogP contribution in [-0.2, 0) is 6.54 Å². The first-order valence-electron chi connectivity index (χ1n) is 10.1. The lowest BCUT2D eigenvalue weighted by molar-refractivity contribution is 0.206. The Morgan fingerprint density at radius 1 is 1.06 bits per heavy atom. The van der Waals surface area contributed by atoms with Crippen LogP contribution in [0, 0.1) is 0 Å². The largest absolute Gasteiger partial charge is 0.493 e. The van der Waals surface area contributed by atoms with Crippen LogP contribution in [-0.4, -0.2) is 44.9 Å². The van der Waals surface area contributed by atoms with Crippen LogP contribution in [0.3, 0.4) is 0 Å². The maximum Gasteiger partial charge on any atom is 0.335 e. The minimum absolute atomic E-state index is 0.0405. The molecule has 2 heterocycles. The second-order valence-electron chi connectivity index (χ2n) is 7.58. The SMILES string of the molecule is O=c1[nH]c(=O)n(-c2ccc(Cl)cc2)c(O)c1C=NC1CCN(Cc2ccccc2)CC1. The number of halogens is 1. The predicted molar refractivity (Wildman–Crippen MR) is 122 cm³/mol. The van der Waals surface area contributed by atoms with E-state index in [1.165, 1.54) is 11.8 Å². The van der Waals surface area contributed by atoms with E-state index >= 15 is 0 Å². The summed E-state index contributed by atoms with van der Waals surface area (Å²) in [5, 5.41) is 11.1. The fourth-order valence-corrected chi connectivity index (χ4v) is 3.86. The maximum atomic E-state index is 12.3. The summed E-state index contributed by atoms with van der Waals surface area (Å²) < 4.78 is 1.03. The van der Waals surface area contributed by atoms with Gasteiger partial charge in [0.15, 0.2) is 0 Å². The van der Waals surface area contributed by atoms with Crippen molar-refractivity contribution >= 4 is 17.8 Å². The molecule has 160 valence electrons. The van der Waals surface area contributed by atoms with E-state index < -0.39 is 17.1 Å². The Hall–Kier alpha value is -3.16. The van der Waals surface area contributed by atoms with Gasteiger partial charge in [-0.3, -0.25) is 19.7 Å². The Labute approximate surface area is 184 Å². The molecule has 0 saturated carbocycles. The van der Waals surface area contributed by atoms with E-state index in [1.54, 1.807) is 24.3 Å². The van der Waals surface area contributed by atoms with E-state index in [9.17, 15) is 14.7 Å². The van der Waals surface area contributed by atoms with Gasteiger partial charge in [0, 0.05) is 30.9 Å². The van der Waals surface area contributed by atoms with Gasteiger partial charge in [-0.1, -0.05) is 41.9 Å². The lowest BCUT2D eigenvalue weighted by atomic mass is 10.0. The molecule has 8 heteroatoms. The molecule has 0 atom stereocenters. The van der Waals surface area contributed by atoms with Crippen molar-refractivity contribution in [3.63, 3.8) is 0 Å². The third kappa shape index (κ3) is 4.95. The van der Waals surface area contributed by atoms with Crippen LogP contribution in [0.25, 0.3) is 5.69 Å². The fourth-order valence-electron chi connectivity index (χ4n) is 3.73. The average Bonchev–Trinajstić information content (AvgIpc) is 2.76. The molecule has 0 aliphatic carbocycles. The van der Waals surface area contributed by atoms with Gasteiger partial charge in [0.25, 0.3) is 5.56 Å². The summed E-state index contributed by atoms with van der Waals surface area (Å²) in [4.78, 5) is 33.7. The van der Waals surface area contributed by atoms with Crippen molar-refractivity contribution in [2.45, 2.75) is 25.4 Å². The fraction of sp³-hybridized carbons (Fsp3) is 0.261. The van der Waals surface area contributed by atoms with Crippen molar-refractivity contribution in [3.8, 4) is 11.6 Å². The van der Waals surface area contributed by atoms with Gasteiger partial charge in [0.1, 0.15) is 5.56 Å².